The van der Waals surface area contributed by atoms with Gasteiger partial charge in [0.1, 0.15) is 5.97 Å². The van der Waals surface area contributed by atoms with Crippen molar-refractivity contribution in [3.63, 3.8) is 0 Å². The topological polar surface area (TPSA) is 40.1 Å². The highest BCUT2D eigenvalue weighted by Gasteiger charge is 2.37. The number of aliphatic carboxylic acids is 1. The lowest BCUT2D eigenvalue weighted by Gasteiger charge is -2.17. The number of carbonyl (C=O) groups excluding carboxylic acids is 1. The fourth-order valence-electron chi connectivity index (χ4n) is 0.401. The molecule has 7 heteroatoms. The number of alkyl halides is 5. The van der Waals surface area contributed by atoms with E-state index in [0.29, 0.717) is 0 Å². The zero-order chi connectivity index (χ0) is 9.99. The van der Waals surface area contributed by atoms with Gasteiger partial charge in [-0.05, 0) is 0 Å². The minimum Gasteiger partial charge on any atom is -0.544 e. The molecule has 0 fully saturated rings. The summed E-state index contributed by atoms with van der Waals surface area (Å²) < 4.78 is 57.7. The average molecular weight is 191 g/mol. The van der Waals surface area contributed by atoms with Crippen LogP contribution in [0.4, 0.5) is 22.0 Å². The van der Waals surface area contributed by atoms with E-state index in [9.17, 15) is 31.9 Å². The van der Waals surface area contributed by atoms with Gasteiger partial charge in [0.2, 0.25) is 0 Å². The minimum atomic E-state index is -4.78. The van der Waals surface area contributed by atoms with E-state index >= 15 is 0 Å². The van der Waals surface area contributed by atoms with E-state index in [4.69, 9.17) is 0 Å². The smallest absolute Gasteiger partial charge is 0.389 e. The summed E-state index contributed by atoms with van der Waals surface area (Å²) in [6.45, 7) is 0. The molecule has 0 aliphatic heterocycles. The molecule has 0 aliphatic rings. The molecule has 0 bridgehead atoms. The summed E-state index contributed by atoms with van der Waals surface area (Å²) in [7, 11) is 0. The maximum Gasteiger partial charge on any atom is 0.389 e. The van der Waals surface area contributed by atoms with E-state index < -0.39 is 30.9 Å². The van der Waals surface area contributed by atoms with Gasteiger partial charge < -0.3 is 9.90 Å². The number of halogens is 5. The van der Waals surface area contributed by atoms with E-state index in [2.05, 4.69) is 0 Å². The molecular formula is C5H4F5O2-. The van der Waals surface area contributed by atoms with E-state index in [0.717, 1.165) is 0 Å². The Bertz CT molecular complexity index is 173. The maximum atomic E-state index is 11.9. The van der Waals surface area contributed by atoms with E-state index in [1.165, 1.54) is 0 Å². The molecule has 0 saturated heterocycles. The number of carboxylic acids is 1. The lowest BCUT2D eigenvalue weighted by Crippen LogP contribution is -2.42. The molecule has 12 heavy (non-hydrogen) atoms. The summed E-state index contributed by atoms with van der Waals surface area (Å²) in [5.41, 5.74) is 0. The molecular weight excluding hydrogens is 187 g/mol. The molecule has 0 aromatic rings. The molecule has 0 radical (unpaired) electrons. The van der Waals surface area contributed by atoms with Crippen LogP contribution in [-0.2, 0) is 4.79 Å². The zero-order valence-electron chi connectivity index (χ0n) is 5.62. The van der Waals surface area contributed by atoms with Crippen LogP contribution in [0.25, 0.3) is 0 Å². The Morgan fingerprint density at radius 2 is 1.50 bits per heavy atom. The van der Waals surface area contributed by atoms with Gasteiger partial charge in [-0.2, -0.15) is 22.0 Å². The molecule has 0 unspecified atom stereocenters. The van der Waals surface area contributed by atoms with Gasteiger partial charge in [0.15, 0.2) is 0 Å². The molecule has 0 N–H and O–H groups in total. The van der Waals surface area contributed by atoms with Crippen LogP contribution < -0.4 is 5.11 Å². The van der Waals surface area contributed by atoms with Crippen molar-refractivity contribution in [3.8, 4) is 0 Å². The monoisotopic (exact) mass is 191 g/mol. The Morgan fingerprint density at radius 1 is 1.08 bits per heavy atom. The molecule has 0 atom stereocenters. The van der Waals surface area contributed by atoms with Gasteiger partial charge in [0.05, 0.1) is 0 Å². The van der Waals surface area contributed by atoms with Crippen molar-refractivity contribution in [3.05, 3.63) is 0 Å². The van der Waals surface area contributed by atoms with Crippen molar-refractivity contribution >= 4 is 5.97 Å². The van der Waals surface area contributed by atoms with Gasteiger partial charge >= 0.3 is 6.18 Å². The minimum absolute atomic E-state index is 1.78. The first kappa shape index (κ1) is 11.1. The number of rotatable bonds is 3. The third-order valence-electron chi connectivity index (χ3n) is 1.02. The van der Waals surface area contributed by atoms with Crippen molar-refractivity contribution in [1.82, 2.24) is 0 Å². The summed E-state index contributed by atoms with van der Waals surface area (Å²) in [6.07, 6.45) is -8.40. The Morgan fingerprint density at radius 3 is 1.75 bits per heavy atom. The number of carbonyl (C=O) groups is 1. The molecule has 0 aromatic carbocycles. The van der Waals surface area contributed by atoms with Crippen LogP contribution in [0.15, 0.2) is 0 Å². The largest absolute Gasteiger partial charge is 0.544 e. The zero-order valence-corrected chi connectivity index (χ0v) is 5.62. The van der Waals surface area contributed by atoms with Crippen LogP contribution in [0.1, 0.15) is 12.8 Å². The fourth-order valence-corrected chi connectivity index (χ4v) is 0.401. The van der Waals surface area contributed by atoms with Gasteiger partial charge in [-0.1, -0.05) is 0 Å². The second-order valence-electron chi connectivity index (χ2n) is 2.11. The molecule has 2 nitrogen and oxygen atoms in total. The van der Waals surface area contributed by atoms with Crippen LogP contribution in [0, 0.1) is 0 Å². The third-order valence-corrected chi connectivity index (χ3v) is 1.02. The summed E-state index contributed by atoms with van der Waals surface area (Å²) in [6, 6.07) is 0. The predicted octanol–water partition coefficient (Wildman–Crippen LogP) is 0.714. The lowest BCUT2D eigenvalue weighted by atomic mass is 10.2. The van der Waals surface area contributed by atoms with Crippen LogP contribution in [0.5, 0.6) is 0 Å². The first-order valence-corrected chi connectivity index (χ1v) is 2.81. The summed E-state index contributed by atoms with van der Waals surface area (Å²) >= 11 is 0. The molecule has 0 aromatic heterocycles. The first-order valence-electron chi connectivity index (χ1n) is 2.81. The van der Waals surface area contributed by atoms with Gasteiger partial charge in [-0.15, -0.1) is 0 Å². The number of carboxylic acid groups (broad SMARTS) is 1. The number of hydrogen-bond donors (Lipinski definition) is 0. The van der Waals surface area contributed by atoms with E-state index in [1.807, 2.05) is 0 Å². The van der Waals surface area contributed by atoms with Crippen LogP contribution in [0.3, 0.4) is 0 Å². The highest BCUT2D eigenvalue weighted by Crippen LogP contribution is 2.28. The normalized spacial score (nSPS) is 13.1. The summed E-state index contributed by atoms with van der Waals surface area (Å²) in [5.74, 6) is -7.19. The molecule has 0 amide bonds. The van der Waals surface area contributed by atoms with Crippen LogP contribution in [-0.4, -0.2) is 18.1 Å². The second-order valence-corrected chi connectivity index (χ2v) is 2.11. The molecule has 0 spiro atoms. The molecule has 0 heterocycles. The highest BCUT2D eigenvalue weighted by molar-refractivity contribution is 5.72. The van der Waals surface area contributed by atoms with Gasteiger partial charge in [-0.3, -0.25) is 0 Å². The average Bonchev–Trinajstić information content (AvgIpc) is 1.82. The van der Waals surface area contributed by atoms with Gasteiger partial charge in [0, 0.05) is 12.8 Å². The van der Waals surface area contributed by atoms with Gasteiger partial charge in [-0.25, -0.2) is 0 Å². The van der Waals surface area contributed by atoms with Crippen LogP contribution in [0.2, 0.25) is 0 Å². The molecule has 0 saturated carbocycles. The van der Waals surface area contributed by atoms with E-state index in [1.54, 1.807) is 0 Å². The van der Waals surface area contributed by atoms with Crippen molar-refractivity contribution < 1.29 is 31.9 Å². The summed E-state index contributed by atoms with van der Waals surface area (Å²) in [5, 5.41) is 9.51. The van der Waals surface area contributed by atoms with Crippen molar-refractivity contribution in [2.24, 2.45) is 0 Å². The maximum absolute atomic E-state index is 11.9. The van der Waals surface area contributed by atoms with Crippen molar-refractivity contribution in [1.29, 1.82) is 0 Å². The molecule has 0 aliphatic carbocycles. The fraction of sp³-hybridized carbons (Fsp3) is 0.800. The Labute approximate surface area is 64.0 Å². The molecule has 72 valence electrons. The van der Waals surface area contributed by atoms with Gasteiger partial charge in [0.25, 0.3) is 5.92 Å². The quantitative estimate of drug-likeness (QED) is 0.616. The van der Waals surface area contributed by atoms with Crippen LogP contribution >= 0.6 is 0 Å². The van der Waals surface area contributed by atoms with E-state index in [-0.39, 0.29) is 0 Å². The third kappa shape index (κ3) is 4.09. The standard InChI is InChI=1S/C5H5F5O2/c6-4(7,3(11)12)1-2-5(8,9)10/h1-2H2,(H,11,12)/p-1. The predicted molar refractivity (Wildman–Crippen MR) is 25.2 cm³/mol. The van der Waals surface area contributed by atoms with Crippen molar-refractivity contribution in [2.45, 2.75) is 24.9 Å². The Hall–Kier alpha value is -0.880. The Kier molecular flexibility index (Phi) is 3.00. The SMILES string of the molecule is O=C([O-])C(F)(F)CCC(F)(F)F. The lowest BCUT2D eigenvalue weighted by molar-refractivity contribution is -0.330. The van der Waals surface area contributed by atoms with Crippen molar-refractivity contribution in [2.75, 3.05) is 0 Å². The summed E-state index contributed by atoms with van der Waals surface area (Å²) in [4.78, 5) is 9.51. The highest BCUT2D eigenvalue weighted by atomic mass is 19.4. The number of hydrogen-bond acceptors (Lipinski definition) is 2. The Balaban J connectivity index is 4.01. The first-order chi connectivity index (χ1) is 5.15. The second kappa shape index (κ2) is 3.24. The molecule has 0 rings (SSSR count).